The first-order chi connectivity index (χ1) is 9.95. The fraction of sp³-hybridized carbons (Fsp3) is 0.571. The van der Waals surface area contributed by atoms with Gasteiger partial charge in [-0.25, -0.2) is 5.43 Å². The molecule has 0 saturated carbocycles. The van der Waals surface area contributed by atoms with Gasteiger partial charge in [0.2, 0.25) is 5.91 Å². The fourth-order valence-electron chi connectivity index (χ4n) is 2.23. The van der Waals surface area contributed by atoms with Crippen molar-refractivity contribution in [2.24, 2.45) is 11.0 Å². The second-order valence-electron chi connectivity index (χ2n) is 5.52. The molecule has 2 rings (SSSR count). The van der Waals surface area contributed by atoms with Crippen LogP contribution in [0.2, 0.25) is 0 Å². The van der Waals surface area contributed by atoms with Crippen LogP contribution < -0.4 is 10.7 Å². The topological polar surface area (TPSA) is 88.4 Å². The summed E-state index contributed by atoms with van der Waals surface area (Å²) < 4.78 is 1.95. The van der Waals surface area contributed by atoms with E-state index in [1.165, 1.54) is 0 Å². The predicted molar refractivity (Wildman–Crippen MR) is 78.7 cm³/mol. The van der Waals surface area contributed by atoms with E-state index in [1.54, 1.807) is 0 Å². The molecule has 1 aliphatic heterocycles. The van der Waals surface area contributed by atoms with Gasteiger partial charge in [0.15, 0.2) is 0 Å². The van der Waals surface area contributed by atoms with E-state index in [0.29, 0.717) is 25.1 Å². The second-order valence-corrected chi connectivity index (χ2v) is 5.52. The Morgan fingerprint density at radius 1 is 1.48 bits per heavy atom. The predicted octanol–water partition coefficient (Wildman–Crippen LogP) is 0.518. The van der Waals surface area contributed by atoms with Crippen LogP contribution in [0.3, 0.4) is 0 Å². The van der Waals surface area contributed by atoms with Crippen LogP contribution in [-0.4, -0.2) is 33.9 Å². The van der Waals surface area contributed by atoms with E-state index < -0.39 is 0 Å². The van der Waals surface area contributed by atoms with E-state index in [0.717, 1.165) is 17.9 Å². The Hall–Kier alpha value is -2.18. The second kappa shape index (κ2) is 6.51. The first kappa shape index (κ1) is 15.2. The van der Waals surface area contributed by atoms with Gasteiger partial charge in [-0.15, -0.1) is 0 Å². The number of carbonyl (C=O) groups excluding carboxylic acids is 2. The normalized spacial score (nSPS) is 16.1. The molecular weight excluding hydrogens is 270 g/mol. The first-order valence-corrected chi connectivity index (χ1v) is 7.10. The number of hydrazone groups is 1. The van der Waals surface area contributed by atoms with Crippen molar-refractivity contribution < 1.29 is 9.59 Å². The number of carbonyl (C=O) groups is 2. The molecule has 0 radical (unpaired) electrons. The molecule has 0 aliphatic carbocycles. The third-order valence-electron chi connectivity index (χ3n) is 3.37. The van der Waals surface area contributed by atoms with Gasteiger partial charge in [-0.2, -0.15) is 10.2 Å². The molecule has 1 aliphatic rings. The van der Waals surface area contributed by atoms with Crippen LogP contribution in [0, 0.1) is 19.8 Å². The third-order valence-corrected chi connectivity index (χ3v) is 3.37. The number of nitrogens with one attached hydrogen (secondary N) is 2. The van der Waals surface area contributed by atoms with Gasteiger partial charge < -0.3 is 5.32 Å². The Bertz CT molecular complexity index is 576. The van der Waals surface area contributed by atoms with E-state index in [4.69, 9.17) is 0 Å². The summed E-state index contributed by atoms with van der Waals surface area (Å²) in [5.41, 5.74) is 4.82. The minimum absolute atomic E-state index is 0.149. The summed E-state index contributed by atoms with van der Waals surface area (Å²) in [6.45, 7) is 7.34. The molecule has 1 aromatic rings. The van der Waals surface area contributed by atoms with E-state index >= 15 is 0 Å². The number of nitrogens with zero attached hydrogens (tertiary/aromatic N) is 3. The average Bonchev–Trinajstić information content (AvgIpc) is 2.75. The number of hydrogen-bond donors (Lipinski definition) is 2. The molecule has 2 amide bonds. The Morgan fingerprint density at radius 3 is 2.81 bits per heavy atom. The largest absolute Gasteiger partial charge is 0.351 e. The molecule has 0 spiro atoms. The van der Waals surface area contributed by atoms with Crippen molar-refractivity contribution in [3.05, 3.63) is 17.5 Å². The summed E-state index contributed by atoms with van der Waals surface area (Å²) >= 11 is 0. The van der Waals surface area contributed by atoms with Crippen molar-refractivity contribution in [1.82, 2.24) is 20.5 Å². The molecule has 0 unspecified atom stereocenters. The molecular formula is C14H21N5O2. The quantitative estimate of drug-likeness (QED) is 0.829. The Kier molecular flexibility index (Phi) is 4.72. The van der Waals surface area contributed by atoms with E-state index in [1.807, 2.05) is 24.6 Å². The highest BCUT2D eigenvalue weighted by atomic mass is 16.2. The van der Waals surface area contributed by atoms with E-state index in [9.17, 15) is 9.59 Å². The minimum atomic E-state index is -0.213. The maximum atomic E-state index is 11.9. The lowest BCUT2D eigenvalue weighted by atomic mass is 10.1. The monoisotopic (exact) mass is 291 g/mol. The molecule has 0 saturated heterocycles. The van der Waals surface area contributed by atoms with Crippen molar-refractivity contribution in [3.63, 3.8) is 0 Å². The summed E-state index contributed by atoms with van der Waals surface area (Å²) in [5.74, 6) is -0.106. The van der Waals surface area contributed by atoms with Crippen LogP contribution in [0.5, 0.6) is 0 Å². The van der Waals surface area contributed by atoms with Gasteiger partial charge in [0.05, 0.1) is 5.69 Å². The smallest absolute Gasteiger partial charge is 0.267 e. The van der Waals surface area contributed by atoms with E-state index in [2.05, 4.69) is 27.9 Å². The molecule has 1 aromatic heterocycles. The molecule has 21 heavy (non-hydrogen) atoms. The average molecular weight is 291 g/mol. The summed E-state index contributed by atoms with van der Waals surface area (Å²) in [7, 11) is 0. The number of rotatable bonds is 5. The zero-order chi connectivity index (χ0) is 15.4. The van der Waals surface area contributed by atoms with Crippen molar-refractivity contribution in [1.29, 1.82) is 0 Å². The summed E-state index contributed by atoms with van der Waals surface area (Å²) in [5, 5.41) is 11.0. The Balaban J connectivity index is 1.81. The Labute approximate surface area is 123 Å². The molecule has 7 nitrogen and oxygen atoms in total. The van der Waals surface area contributed by atoms with Crippen LogP contribution in [0.25, 0.3) is 0 Å². The molecule has 0 aromatic carbocycles. The lowest BCUT2D eigenvalue weighted by Crippen LogP contribution is -2.39. The summed E-state index contributed by atoms with van der Waals surface area (Å²) in [4.78, 5) is 22.9. The Morgan fingerprint density at radius 2 is 2.24 bits per heavy atom. The maximum absolute atomic E-state index is 11.9. The summed E-state index contributed by atoms with van der Waals surface area (Å²) in [6, 6.07) is 2.03. The third kappa shape index (κ3) is 4.14. The molecule has 7 heteroatoms. The molecule has 2 N–H and O–H groups in total. The lowest BCUT2D eigenvalue weighted by Gasteiger charge is -2.16. The maximum Gasteiger partial charge on any atom is 0.267 e. The number of aromatic nitrogens is 2. The van der Waals surface area contributed by atoms with Crippen molar-refractivity contribution in [2.75, 3.05) is 6.54 Å². The molecule has 0 fully saturated rings. The van der Waals surface area contributed by atoms with Crippen LogP contribution in [0.1, 0.15) is 31.2 Å². The number of aryl methyl sites for hydroxylation is 2. The van der Waals surface area contributed by atoms with Gasteiger partial charge >= 0.3 is 0 Å². The standard InChI is InChI=1S/C14H21N5O2/c1-9(8-19-11(3)6-10(2)18-19)7-15-14(21)12-4-5-13(20)17-16-12/h6,9H,4-5,7-8H2,1-3H3,(H,15,21)(H,17,20)/t9-/m0/s1. The van der Waals surface area contributed by atoms with Gasteiger partial charge in [-0.1, -0.05) is 6.92 Å². The molecule has 1 atom stereocenters. The van der Waals surface area contributed by atoms with Crippen molar-refractivity contribution >= 4 is 17.5 Å². The zero-order valence-electron chi connectivity index (χ0n) is 12.6. The van der Waals surface area contributed by atoms with Gasteiger partial charge in [-0.05, 0) is 25.8 Å². The van der Waals surface area contributed by atoms with Gasteiger partial charge in [0.1, 0.15) is 5.71 Å². The van der Waals surface area contributed by atoms with Crippen molar-refractivity contribution in [2.45, 2.75) is 40.2 Å². The van der Waals surface area contributed by atoms with Gasteiger partial charge in [0, 0.05) is 31.6 Å². The van der Waals surface area contributed by atoms with Gasteiger partial charge in [0.25, 0.3) is 5.91 Å². The lowest BCUT2D eigenvalue weighted by molar-refractivity contribution is -0.121. The van der Waals surface area contributed by atoms with Crippen LogP contribution >= 0.6 is 0 Å². The van der Waals surface area contributed by atoms with E-state index in [-0.39, 0.29) is 17.7 Å². The van der Waals surface area contributed by atoms with Crippen molar-refractivity contribution in [3.8, 4) is 0 Å². The SMILES string of the molecule is Cc1cc(C)n(C[C@@H](C)CNC(=O)C2=NNC(=O)CC2)n1. The van der Waals surface area contributed by atoms with Crippen LogP contribution in [-0.2, 0) is 16.1 Å². The zero-order valence-corrected chi connectivity index (χ0v) is 12.6. The molecule has 114 valence electrons. The van der Waals surface area contributed by atoms with Crippen LogP contribution in [0.4, 0.5) is 0 Å². The highest BCUT2D eigenvalue weighted by molar-refractivity contribution is 6.39. The van der Waals surface area contributed by atoms with Gasteiger partial charge in [-0.3, -0.25) is 14.3 Å². The number of amides is 2. The highest BCUT2D eigenvalue weighted by Crippen LogP contribution is 2.06. The number of hydrogen-bond acceptors (Lipinski definition) is 4. The van der Waals surface area contributed by atoms with Crippen LogP contribution in [0.15, 0.2) is 11.2 Å². The molecule has 0 bridgehead atoms. The minimum Gasteiger partial charge on any atom is -0.351 e. The molecule has 2 heterocycles. The fourth-order valence-corrected chi connectivity index (χ4v) is 2.23. The summed E-state index contributed by atoms with van der Waals surface area (Å²) in [6.07, 6.45) is 0.705. The highest BCUT2D eigenvalue weighted by Gasteiger charge is 2.18. The first-order valence-electron chi connectivity index (χ1n) is 7.10.